The Bertz CT molecular complexity index is 940. The number of benzene rings is 2. The molecule has 3 aromatic rings. The van der Waals surface area contributed by atoms with Crippen LogP contribution in [-0.4, -0.2) is 15.5 Å². The van der Waals surface area contributed by atoms with E-state index >= 15 is 0 Å². The molecular formula is C21H24BrN3O. The van der Waals surface area contributed by atoms with E-state index in [1.54, 1.807) is 0 Å². The van der Waals surface area contributed by atoms with Crippen LogP contribution in [0.15, 0.2) is 53.0 Å². The number of hydrogen-bond donors (Lipinski definition) is 1. The van der Waals surface area contributed by atoms with Gasteiger partial charge in [0.1, 0.15) is 5.82 Å². The Labute approximate surface area is 162 Å². The number of rotatable bonds is 4. The molecule has 1 amide bonds. The van der Waals surface area contributed by atoms with Gasteiger partial charge in [0.2, 0.25) is 5.91 Å². The molecule has 1 unspecified atom stereocenters. The summed E-state index contributed by atoms with van der Waals surface area (Å²) in [5, 5.41) is 3.10. The number of carbonyl (C=O) groups is 1. The Morgan fingerprint density at radius 3 is 2.62 bits per heavy atom. The first-order valence-electron chi connectivity index (χ1n) is 8.76. The van der Waals surface area contributed by atoms with Crippen LogP contribution in [0.5, 0.6) is 0 Å². The van der Waals surface area contributed by atoms with E-state index in [9.17, 15) is 4.79 Å². The van der Waals surface area contributed by atoms with Crippen LogP contribution < -0.4 is 5.32 Å². The molecule has 0 radical (unpaired) electrons. The summed E-state index contributed by atoms with van der Waals surface area (Å²) < 4.78 is 3.24. The molecule has 0 saturated heterocycles. The number of para-hydroxylation sites is 2. The van der Waals surface area contributed by atoms with Gasteiger partial charge in [-0.3, -0.25) is 4.79 Å². The van der Waals surface area contributed by atoms with E-state index in [0.29, 0.717) is 6.54 Å². The predicted molar refractivity (Wildman–Crippen MR) is 109 cm³/mol. The molecule has 0 aliphatic carbocycles. The van der Waals surface area contributed by atoms with Gasteiger partial charge in [-0.25, -0.2) is 4.98 Å². The predicted octanol–water partition coefficient (Wildman–Crippen LogP) is 5.07. The number of hydrogen-bond acceptors (Lipinski definition) is 2. The van der Waals surface area contributed by atoms with Crippen molar-refractivity contribution in [3.05, 3.63) is 64.4 Å². The minimum atomic E-state index is -0.435. The van der Waals surface area contributed by atoms with Crippen LogP contribution in [0.3, 0.4) is 0 Å². The lowest BCUT2D eigenvalue weighted by Crippen LogP contribution is -2.37. The fourth-order valence-electron chi connectivity index (χ4n) is 2.89. The molecule has 0 aliphatic heterocycles. The van der Waals surface area contributed by atoms with E-state index in [0.717, 1.165) is 21.3 Å². The van der Waals surface area contributed by atoms with Crippen LogP contribution in [0.4, 0.5) is 0 Å². The Morgan fingerprint density at radius 2 is 1.92 bits per heavy atom. The van der Waals surface area contributed by atoms with E-state index in [1.165, 1.54) is 5.56 Å². The number of carbonyl (C=O) groups excluding carboxylic acids is 1. The molecule has 4 nitrogen and oxygen atoms in total. The smallest absolute Gasteiger partial charge is 0.225 e. The minimum Gasteiger partial charge on any atom is -0.346 e. The molecule has 1 aromatic heterocycles. The van der Waals surface area contributed by atoms with E-state index in [4.69, 9.17) is 4.98 Å². The van der Waals surface area contributed by atoms with Crippen molar-refractivity contribution in [3.8, 4) is 0 Å². The third kappa shape index (κ3) is 3.98. The van der Waals surface area contributed by atoms with Crippen molar-refractivity contribution < 1.29 is 4.79 Å². The maximum Gasteiger partial charge on any atom is 0.225 e. The molecule has 136 valence electrons. The SMILES string of the molecule is CC(NC(=O)C(C)(C)C)c1nc2ccccc2n1Cc1cccc(Br)c1. The number of amides is 1. The Hall–Kier alpha value is -2.14. The topological polar surface area (TPSA) is 46.9 Å². The highest BCUT2D eigenvalue weighted by Gasteiger charge is 2.25. The van der Waals surface area contributed by atoms with Gasteiger partial charge in [-0.05, 0) is 36.8 Å². The van der Waals surface area contributed by atoms with Crippen LogP contribution in [-0.2, 0) is 11.3 Å². The minimum absolute atomic E-state index is 0.0195. The molecule has 3 rings (SSSR count). The summed E-state index contributed by atoms with van der Waals surface area (Å²) in [5.74, 6) is 0.884. The quantitative estimate of drug-likeness (QED) is 0.648. The number of imidazole rings is 1. The standard InChI is InChI=1S/C21H24BrN3O/c1-14(23-20(26)21(2,3)4)19-24-17-10-5-6-11-18(17)25(19)13-15-8-7-9-16(22)12-15/h5-12,14H,13H2,1-4H3,(H,23,26). The number of nitrogens with zero attached hydrogens (tertiary/aromatic N) is 2. The van der Waals surface area contributed by atoms with Crippen molar-refractivity contribution >= 4 is 32.9 Å². The third-order valence-electron chi connectivity index (χ3n) is 4.33. The van der Waals surface area contributed by atoms with E-state index in [-0.39, 0.29) is 11.9 Å². The zero-order chi connectivity index (χ0) is 18.9. The molecule has 1 atom stereocenters. The summed E-state index contributed by atoms with van der Waals surface area (Å²) >= 11 is 3.54. The molecule has 26 heavy (non-hydrogen) atoms. The fourth-order valence-corrected chi connectivity index (χ4v) is 3.33. The summed E-state index contributed by atoms with van der Waals surface area (Å²) in [7, 11) is 0. The van der Waals surface area contributed by atoms with Gasteiger partial charge in [0.15, 0.2) is 0 Å². The summed E-state index contributed by atoms with van der Waals surface area (Å²) in [6, 6.07) is 16.2. The maximum atomic E-state index is 12.4. The lowest BCUT2D eigenvalue weighted by Gasteiger charge is -2.22. The summed E-state index contributed by atoms with van der Waals surface area (Å²) in [4.78, 5) is 17.2. The van der Waals surface area contributed by atoms with Gasteiger partial charge in [-0.2, -0.15) is 0 Å². The molecule has 0 saturated carbocycles. The molecule has 1 heterocycles. The van der Waals surface area contributed by atoms with Crippen LogP contribution in [0.25, 0.3) is 11.0 Å². The first-order chi connectivity index (χ1) is 12.3. The lowest BCUT2D eigenvalue weighted by atomic mass is 9.95. The summed E-state index contributed by atoms with van der Waals surface area (Å²) in [6.07, 6.45) is 0. The second-order valence-corrected chi connectivity index (χ2v) is 8.54. The molecule has 1 N–H and O–H groups in total. The van der Waals surface area contributed by atoms with E-state index in [1.807, 2.05) is 58.0 Å². The number of fused-ring (bicyclic) bond motifs is 1. The number of aromatic nitrogens is 2. The second kappa shape index (κ2) is 7.23. The molecule has 5 heteroatoms. The van der Waals surface area contributed by atoms with Gasteiger partial charge in [-0.1, -0.05) is 61.0 Å². The molecule has 0 aliphatic rings. The highest BCUT2D eigenvalue weighted by atomic mass is 79.9. The summed E-state index contributed by atoms with van der Waals surface area (Å²) in [5.41, 5.74) is 2.75. The van der Waals surface area contributed by atoms with Gasteiger partial charge in [0.05, 0.1) is 17.1 Å². The normalized spacial score (nSPS) is 13.0. The van der Waals surface area contributed by atoms with Gasteiger partial charge >= 0.3 is 0 Å². The molecule has 0 spiro atoms. The highest BCUT2D eigenvalue weighted by molar-refractivity contribution is 9.10. The Kier molecular flexibility index (Phi) is 5.19. The van der Waals surface area contributed by atoms with Crippen LogP contribution in [0, 0.1) is 5.41 Å². The van der Waals surface area contributed by atoms with Gasteiger partial charge in [0, 0.05) is 16.4 Å². The summed E-state index contributed by atoms with van der Waals surface area (Å²) in [6.45, 7) is 8.44. The van der Waals surface area contributed by atoms with Crippen molar-refractivity contribution in [2.24, 2.45) is 5.41 Å². The zero-order valence-electron chi connectivity index (χ0n) is 15.6. The van der Waals surface area contributed by atoms with Crippen molar-refractivity contribution in [2.75, 3.05) is 0 Å². The van der Waals surface area contributed by atoms with Crippen LogP contribution in [0.2, 0.25) is 0 Å². The Morgan fingerprint density at radius 1 is 1.19 bits per heavy atom. The fraction of sp³-hybridized carbons (Fsp3) is 0.333. The number of halogens is 1. The Balaban J connectivity index is 2.00. The largest absolute Gasteiger partial charge is 0.346 e. The number of nitrogens with one attached hydrogen (secondary N) is 1. The van der Waals surface area contributed by atoms with Crippen LogP contribution in [0.1, 0.15) is 45.1 Å². The molecule has 0 fully saturated rings. The maximum absolute atomic E-state index is 12.4. The van der Waals surface area contributed by atoms with E-state index < -0.39 is 5.41 Å². The van der Waals surface area contributed by atoms with Gasteiger partial charge < -0.3 is 9.88 Å². The second-order valence-electron chi connectivity index (χ2n) is 7.62. The average molecular weight is 414 g/mol. The average Bonchev–Trinajstić information content (AvgIpc) is 2.93. The zero-order valence-corrected chi connectivity index (χ0v) is 17.2. The van der Waals surface area contributed by atoms with Crippen LogP contribution >= 0.6 is 15.9 Å². The first-order valence-corrected chi connectivity index (χ1v) is 9.55. The van der Waals surface area contributed by atoms with Crippen molar-refractivity contribution in [3.63, 3.8) is 0 Å². The molecule has 2 aromatic carbocycles. The van der Waals surface area contributed by atoms with Gasteiger partial charge in [0.25, 0.3) is 0 Å². The monoisotopic (exact) mass is 413 g/mol. The lowest BCUT2D eigenvalue weighted by molar-refractivity contribution is -0.129. The van der Waals surface area contributed by atoms with Gasteiger partial charge in [-0.15, -0.1) is 0 Å². The van der Waals surface area contributed by atoms with Crippen molar-refractivity contribution in [1.29, 1.82) is 0 Å². The van der Waals surface area contributed by atoms with Crippen molar-refractivity contribution in [2.45, 2.75) is 40.3 Å². The van der Waals surface area contributed by atoms with Crippen molar-refractivity contribution in [1.82, 2.24) is 14.9 Å². The first kappa shape index (κ1) is 18.6. The highest BCUT2D eigenvalue weighted by Crippen LogP contribution is 2.24. The molecular weight excluding hydrogens is 390 g/mol. The third-order valence-corrected chi connectivity index (χ3v) is 4.82. The van der Waals surface area contributed by atoms with E-state index in [2.05, 4.69) is 44.0 Å². The molecule has 0 bridgehead atoms.